The second-order valence-electron chi connectivity index (χ2n) is 7.78. The number of nitrogens with zero attached hydrogens (tertiary/aromatic N) is 3. The summed E-state index contributed by atoms with van der Waals surface area (Å²) in [5, 5.41) is 10.7. The lowest BCUT2D eigenvalue weighted by Crippen LogP contribution is -2.41. The molecule has 0 saturated carbocycles. The summed E-state index contributed by atoms with van der Waals surface area (Å²) in [7, 11) is 0. The zero-order chi connectivity index (χ0) is 19.3. The number of H-pyrrole nitrogens is 1. The number of fused-ring (bicyclic) bond motifs is 1. The molecule has 3 heterocycles. The van der Waals surface area contributed by atoms with E-state index in [0.717, 1.165) is 42.9 Å². The number of hydrogen-bond acceptors (Lipinski definition) is 5. The van der Waals surface area contributed by atoms with Crippen molar-refractivity contribution in [1.82, 2.24) is 4.90 Å². The van der Waals surface area contributed by atoms with Gasteiger partial charge < -0.3 is 9.64 Å². The minimum atomic E-state index is 0.128. The first-order valence-corrected chi connectivity index (χ1v) is 11.5. The van der Waals surface area contributed by atoms with Crippen molar-refractivity contribution in [2.24, 2.45) is 0 Å². The van der Waals surface area contributed by atoms with Crippen LogP contribution in [0, 0.1) is 11.3 Å². The van der Waals surface area contributed by atoms with E-state index in [2.05, 4.69) is 16.0 Å². The first-order valence-electron chi connectivity index (χ1n) is 10.5. The van der Waals surface area contributed by atoms with Gasteiger partial charge in [0.15, 0.2) is 5.03 Å². The molecule has 0 spiro atoms. The fourth-order valence-electron chi connectivity index (χ4n) is 4.48. The highest BCUT2D eigenvalue weighted by atomic mass is 32.2. The molecule has 1 aliphatic carbocycles. The van der Waals surface area contributed by atoms with Gasteiger partial charge in [0.2, 0.25) is 5.91 Å². The number of pyridine rings is 1. The van der Waals surface area contributed by atoms with E-state index in [1.807, 2.05) is 4.90 Å². The normalized spacial score (nSPS) is 19.8. The molecule has 3 aliphatic rings. The van der Waals surface area contributed by atoms with E-state index in [9.17, 15) is 10.1 Å². The summed E-state index contributed by atoms with van der Waals surface area (Å²) >= 11 is 1.49. The van der Waals surface area contributed by atoms with Crippen LogP contribution in [0.15, 0.2) is 5.03 Å². The van der Waals surface area contributed by atoms with Crippen molar-refractivity contribution < 1.29 is 14.5 Å². The van der Waals surface area contributed by atoms with Gasteiger partial charge in [-0.2, -0.15) is 5.26 Å². The molecule has 7 heteroatoms. The number of carbonyl (C=O) groups excluding carboxylic acids is 1. The number of ether oxygens (including phenoxy) is 1. The predicted molar refractivity (Wildman–Crippen MR) is 109 cm³/mol. The molecule has 2 fully saturated rings. The Balaban J connectivity index is 1.60. The number of anilines is 1. The lowest BCUT2D eigenvalue weighted by molar-refractivity contribution is -0.414. The van der Waals surface area contributed by atoms with Crippen LogP contribution in [-0.4, -0.2) is 56.0 Å². The zero-order valence-corrected chi connectivity index (χ0v) is 17.3. The fraction of sp³-hybridized carbons (Fsp3) is 0.667. The van der Waals surface area contributed by atoms with Crippen molar-refractivity contribution in [1.29, 1.82) is 5.26 Å². The number of hydrogen-bond donors (Lipinski definition) is 0. The summed E-state index contributed by atoms with van der Waals surface area (Å²) in [5.74, 6) is 1.70. The van der Waals surface area contributed by atoms with Crippen LogP contribution in [0.4, 0.5) is 5.82 Å². The molecular formula is C21H29N4O2S+. The van der Waals surface area contributed by atoms with E-state index < -0.39 is 0 Å². The number of nitriles is 1. The molecule has 2 aliphatic heterocycles. The number of thioether (sulfide) groups is 1. The predicted octanol–water partition coefficient (Wildman–Crippen LogP) is 2.19. The number of carbonyl (C=O) groups is 1. The Morgan fingerprint density at radius 2 is 1.75 bits per heavy atom. The molecule has 1 aromatic rings. The first-order chi connectivity index (χ1) is 13.8. The van der Waals surface area contributed by atoms with Crippen LogP contribution in [0.5, 0.6) is 0 Å². The molecular weight excluding hydrogens is 372 g/mol. The molecule has 0 radical (unpaired) electrons. The number of morpholine rings is 1. The third-order valence-electron chi connectivity index (χ3n) is 6.00. The first kappa shape index (κ1) is 19.5. The molecule has 6 nitrogen and oxygen atoms in total. The molecule has 0 atom stereocenters. The highest BCUT2D eigenvalue weighted by Gasteiger charge is 2.31. The maximum Gasteiger partial charge on any atom is 0.278 e. The molecule has 0 unspecified atom stereocenters. The van der Waals surface area contributed by atoms with E-state index in [1.165, 1.54) is 54.4 Å². The van der Waals surface area contributed by atoms with Gasteiger partial charge in [0.05, 0.1) is 32.1 Å². The lowest BCUT2D eigenvalue weighted by atomic mass is 9.89. The number of piperidine rings is 1. The Bertz CT molecular complexity index is 765. The maximum absolute atomic E-state index is 12.6. The monoisotopic (exact) mass is 401 g/mol. The Morgan fingerprint density at radius 3 is 2.46 bits per heavy atom. The van der Waals surface area contributed by atoms with E-state index in [0.29, 0.717) is 32.1 Å². The van der Waals surface area contributed by atoms with Crippen LogP contribution in [0.25, 0.3) is 0 Å². The van der Waals surface area contributed by atoms with Gasteiger partial charge >= 0.3 is 0 Å². The quantitative estimate of drug-likeness (QED) is 0.724. The maximum atomic E-state index is 12.6. The van der Waals surface area contributed by atoms with Crippen molar-refractivity contribution in [3.05, 3.63) is 16.7 Å². The average molecular weight is 402 g/mol. The van der Waals surface area contributed by atoms with Crippen LogP contribution in [0.2, 0.25) is 0 Å². The Morgan fingerprint density at radius 1 is 1.04 bits per heavy atom. The number of nitrogens with one attached hydrogen (secondary N) is 1. The van der Waals surface area contributed by atoms with Crippen LogP contribution < -0.4 is 9.88 Å². The molecule has 1 aromatic heterocycles. The van der Waals surface area contributed by atoms with Gasteiger partial charge in [-0.25, -0.2) is 4.98 Å². The van der Waals surface area contributed by atoms with Gasteiger partial charge in [-0.1, -0.05) is 11.8 Å². The minimum absolute atomic E-state index is 0.128. The van der Waals surface area contributed by atoms with Crippen molar-refractivity contribution in [3.63, 3.8) is 0 Å². The van der Waals surface area contributed by atoms with Gasteiger partial charge in [0.25, 0.3) is 5.82 Å². The van der Waals surface area contributed by atoms with Gasteiger partial charge in [-0.05, 0) is 50.5 Å². The Kier molecular flexibility index (Phi) is 6.38. The summed E-state index contributed by atoms with van der Waals surface area (Å²) < 4.78 is 5.34. The van der Waals surface area contributed by atoms with Crippen LogP contribution >= 0.6 is 11.8 Å². The summed E-state index contributed by atoms with van der Waals surface area (Å²) in [6.07, 6.45) is 8.09. The smallest absolute Gasteiger partial charge is 0.278 e. The SMILES string of the molecule is N#Cc1c(SCC(=O)N2CCOCC2)[nH+]c(N2CCCCC2)c2c1CCCC2. The molecule has 1 N–H and O–H groups in total. The van der Waals surface area contributed by atoms with Crippen molar-refractivity contribution in [2.75, 3.05) is 50.0 Å². The van der Waals surface area contributed by atoms with Crippen molar-refractivity contribution in [3.8, 4) is 6.07 Å². The summed E-state index contributed by atoms with van der Waals surface area (Å²) in [6, 6.07) is 2.44. The van der Waals surface area contributed by atoms with Crippen molar-refractivity contribution >= 4 is 23.5 Å². The zero-order valence-electron chi connectivity index (χ0n) is 16.5. The van der Waals surface area contributed by atoms with E-state index in [-0.39, 0.29) is 5.91 Å². The summed E-state index contributed by atoms with van der Waals surface area (Å²) in [5.41, 5.74) is 3.32. The third kappa shape index (κ3) is 4.13. The highest BCUT2D eigenvalue weighted by molar-refractivity contribution is 7.99. The summed E-state index contributed by atoms with van der Waals surface area (Å²) in [6.45, 7) is 4.71. The lowest BCUT2D eigenvalue weighted by Gasteiger charge is -2.27. The highest BCUT2D eigenvalue weighted by Crippen LogP contribution is 2.34. The van der Waals surface area contributed by atoms with Gasteiger partial charge in [-0.3, -0.25) is 9.69 Å². The van der Waals surface area contributed by atoms with Gasteiger partial charge in [0.1, 0.15) is 11.6 Å². The fourth-order valence-corrected chi connectivity index (χ4v) is 5.41. The van der Waals surface area contributed by atoms with Gasteiger partial charge in [-0.15, -0.1) is 0 Å². The van der Waals surface area contributed by atoms with Crippen LogP contribution in [-0.2, 0) is 22.4 Å². The van der Waals surface area contributed by atoms with Crippen LogP contribution in [0.3, 0.4) is 0 Å². The standard InChI is InChI=1S/C21H28N4O2S/c22-14-18-16-6-2-3-7-17(16)20(25-8-4-1-5-9-25)23-21(18)28-15-19(26)24-10-12-27-13-11-24/h1-13,15H2/p+1. The molecule has 4 rings (SSSR count). The molecule has 0 aromatic carbocycles. The molecule has 150 valence electrons. The van der Waals surface area contributed by atoms with E-state index in [4.69, 9.17) is 4.74 Å². The molecule has 28 heavy (non-hydrogen) atoms. The second-order valence-corrected chi connectivity index (χ2v) is 8.77. The molecule has 2 saturated heterocycles. The van der Waals surface area contributed by atoms with Crippen LogP contribution in [0.1, 0.15) is 48.8 Å². The van der Waals surface area contributed by atoms with Gasteiger partial charge in [0, 0.05) is 18.7 Å². The second kappa shape index (κ2) is 9.15. The van der Waals surface area contributed by atoms with Crippen molar-refractivity contribution in [2.45, 2.75) is 50.0 Å². The van der Waals surface area contributed by atoms with E-state index >= 15 is 0 Å². The Labute approximate surface area is 171 Å². The Hall–Kier alpha value is -1.78. The van der Waals surface area contributed by atoms with E-state index in [1.54, 1.807) is 0 Å². The largest absolute Gasteiger partial charge is 0.378 e. The number of amides is 1. The number of aromatic amines is 1. The molecule has 0 bridgehead atoms. The number of rotatable bonds is 4. The minimum Gasteiger partial charge on any atom is -0.378 e. The topological polar surface area (TPSA) is 70.7 Å². The average Bonchev–Trinajstić information content (AvgIpc) is 2.77. The molecule has 1 amide bonds. The number of aromatic nitrogens is 1. The summed E-state index contributed by atoms with van der Waals surface area (Å²) in [4.78, 5) is 20.5. The third-order valence-corrected chi connectivity index (χ3v) is 6.99.